The van der Waals surface area contributed by atoms with Crippen LogP contribution < -0.4 is 0 Å². The van der Waals surface area contributed by atoms with E-state index in [4.69, 9.17) is 4.74 Å². The fraction of sp³-hybridized carbons (Fsp3) is 0.769. The minimum absolute atomic E-state index is 0.175. The van der Waals surface area contributed by atoms with Gasteiger partial charge in [0.2, 0.25) is 0 Å². The van der Waals surface area contributed by atoms with Crippen molar-refractivity contribution in [2.45, 2.75) is 44.6 Å². The van der Waals surface area contributed by atoms with Crippen LogP contribution in [0.4, 0.5) is 0 Å². The van der Waals surface area contributed by atoms with Gasteiger partial charge in [-0.3, -0.25) is 4.79 Å². The smallest absolute Gasteiger partial charge is 0.172 e. The molecule has 3 atom stereocenters. The molecule has 2 bridgehead atoms. The molecule has 0 N–H and O–H groups in total. The molecule has 0 aliphatic heterocycles. The number of Topliss-reactive ketones (excluding diaryl/α,β-unsaturated/α-hetero) is 1. The fourth-order valence-electron chi connectivity index (χ4n) is 4.05. The maximum atomic E-state index is 12.3. The molecule has 4 aliphatic rings. The highest BCUT2D eigenvalue weighted by atomic mass is 16.5. The van der Waals surface area contributed by atoms with Gasteiger partial charge in [0, 0.05) is 18.4 Å². The number of ether oxygens (including phenoxy) is 1. The first-order chi connectivity index (χ1) is 7.15. The highest BCUT2D eigenvalue weighted by Crippen LogP contribution is 2.61. The average molecular weight is 206 g/mol. The van der Waals surface area contributed by atoms with Crippen LogP contribution in [0.3, 0.4) is 0 Å². The minimum atomic E-state index is -0.555. The summed E-state index contributed by atoms with van der Waals surface area (Å²) in [4.78, 5) is 12.3. The fourth-order valence-corrected chi connectivity index (χ4v) is 4.05. The molecule has 0 aromatic heterocycles. The van der Waals surface area contributed by atoms with Crippen LogP contribution in [0.2, 0.25) is 0 Å². The van der Waals surface area contributed by atoms with Gasteiger partial charge in [-0.2, -0.15) is 0 Å². The Balaban J connectivity index is 2.17. The summed E-state index contributed by atoms with van der Waals surface area (Å²) in [5, 5.41) is 0. The van der Waals surface area contributed by atoms with E-state index in [0.29, 0.717) is 5.78 Å². The Bertz CT molecular complexity index is 358. The molecule has 4 aliphatic carbocycles. The van der Waals surface area contributed by atoms with Crippen LogP contribution in [0.1, 0.15) is 39.0 Å². The summed E-state index contributed by atoms with van der Waals surface area (Å²) >= 11 is 0. The predicted octanol–water partition coefficient (Wildman–Crippen LogP) is 2.48. The Morgan fingerprint density at radius 1 is 1.40 bits per heavy atom. The standard InChI is InChI=1S/C13H18O2/c1-9-11(14)13(15-2)7-6-12(9)5-3-4-10(12)8-13/h8-9H,3-7H2,1-2H3/t9-,12+,13-/m0/s1. The van der Waals surface area contributed by atoms with Crippen molar-refractivity contribution in [3.63, 3.8) is 0 Å². The Kier molecular flexibility index (Phi) is 1.75. The van der Waals surface area contributed by atoms with Crippen molar-refractivity contribution in [2.24, 2.45) is 11.3 Å². The largest absolute Gasteiger partial charge is 0.366 e. The molecule has 0 aromatic carbocycles. The van der Waals surface area contributed by atoms with E-state index in [1.165, 1.54) is 24.8 Å². The minimum Gasteiger partial charge on any atom is -0.366 e. The molecule has 0 radical (unpaired) electrons. The molecule has 2 fully saturated rings. The number of hydrogen-bond donors (Lipinski definition) is 0. The summed E-state index contributed by atoms with van der Waals surface area (Å²) in [5.74, 6) is 0.496. The van der Waals surface area contributed by atoms with Gasteiger partial charge in [0.25, 0.3) is 0 Å². The van der Waals surface area contributed by atoms with E-state index in [0.717, 1.165) is 12.8 Å². The molecule has 0 amide bonds. The lowest BCUT2D eigenvalue weighted by Crippen LogP contribution is -2.56. The van der Waals surface area contributed by atoms with E-state index >= 15 is 0 Å². The highest BCUT2D eigenvalue weighted by Gasteiger charge is 2.60. The van der Waals surface area contributed by atoms with Gasteiger partial charge in [0.1, 0.15) is 5.60 Å². The van der Waals surface area contributed by atoms with Gasteiger partial charge in [0.05, 0.1) is 0 Å². The maximum Gasteiger partial charge on any atom is 0.172 e. The maximum absolute atomic E-state index is 12.3. The Morgan fingerprint density at radius 3 is 2.93 bits per heavy atom. The second-order valence-corrected chi connectivity index (χ2v) is 5.36. The number of hydrogen-bond acceptors (Lipinski definition) is 2. The van der Waals surface area contributed by atoms with E-state index in [9.17, 15) is 4.79 Å². The van der Waals surface area contributed by atoms with Crippen LogP contribution in [-0.4, -0.2) is 18.5 Å². The van der Waals surface area contributed by atoms with E-state index < -0.39 is 5.60 Å². The lowest BCUT2D eigenvalue weighted by Gasteiger charge is -2.52. The highest BCUT2D eigenvalue weighted by molar-refractivity contribution is 5.95. The SMILES string of the molecule is CO[C@]12C=C3CCC[C@@]3(CC1)[C@@H](C)C2=O. The summed E-state index contributed by atoms with van der Waals surface area (Å²) in [6, 6.07) is 0. The van der Waals surface area contributed by atoms with Crippen molar-refractivity contribution in [3.8, 4) is 0 Å². The second kappa shape index (κ2) is 2.73. The molecule has 0 aromatic rings. The first kappa shape index (κ1) is 9.59. The summed E-state index contributed by atoms with van der Waals surface area (Å²) in [6.45, 7) is 2.10. The Morgan fingerprint density at radius 2 is 2.20 bits per heavy atom. The third-order valence-electron chi connectivity index (χ3n) is 5.06. The van der Waals surface area contributed by atoms with Gasteiger partial charge in [-0.15, -0.1) is 0 Å². The lowest BCUT2D eigenvalue weighted by molar-refractivity contribution is -0.153. The van der Waals surface area contributed by atoms with Crippen molar-refractivity contribution in [2.75, 3.05) is 7.11 Å². The van der Waals surface area contributed by atoms with Gasteiger partial charge >= 0.3 is 0 Å². The van der Waals surface area contributed by atoms with Crippen LogP contribution in [0.25, 0.3) is 0 Å². The Hall–Kier alpha value is -0.630. The van der Waals surface area contributed by atoms with Gasteiger partial charge in [-0.05, 0) is 38.2 Å². The summed E-state index contributed by atoms with van der Waals surface area (Å²) in [6.07, 6.45) is 7.86. The molecule has 82 valence electrons. The molecule has 15 heavy (non-hydrogen) atoms. The van der Waals surface area contributed by atoms with E-state index in [1.54, 1.807) is 7.11 Å². The quantitative estimate of drug-likeness (QED) is 0.616. The molecule has 0 unspecified atom stereocenters. The summed E-state index contributed by atoms with van der Waals surface area (Å²) in [7, 11) is 1.68. The number of rotatable bonds is 1. The molecular formula is C13H18O2. The van der Waals surface area contributed by atoms with Crippen LogP contribution in [0.15, 0.2) is 11.6 Å². The predicted molar refractivity (Wildman–Crippen MR) is 57.5 cm³/mol. The van der Waals surface area contributed by atoms with Crippen LogP contribution in [0.5, 0.6) is 0 Å². The number of fused-ring (bicyclic) bond motifs is 2. The van der Waals surface area contributed by atoms with Crippen molar-refractivity contribution in [1.29, 1.82) is 0 Å². The monoisotopic (exact) mass is 206 g/mol. The van der Waals surface area contributed by atoms with E-state index in [1.807, 2.05) is 0 Å². The topological polar surface area (TPSA) is 26.3 Å². The van der Waals surface area contributed by atoms with E-state index in [2.05, 4.69) is 13.0 Å². The van der Waals surface area contributed by atoms with Crippen molar-refractivity contribution in [3.05, 3.63) is 11.6 Å². The van der Waals surface area contributed by atoms with Crippen molar-refractivity contribution < 1.29 is 9.53 Å². The number of ketones is 1. The summed E-state index contributed by atoms with van der Waals surface area (Å²) < 4.78 is 5.53. The lowest BCUT2D eigenvalue weighted by atomic mass is 9.54. The van der Waals surface area contributed by atoms with Gasteiger partial charge in [0.15, 0.2) is 5.78 Å². The van der Waals surface area contributed by atoms with Gasteiger partial charge in [-0.1, -0.05) is 12.5 Å². The number of carbonyl (C=O) groups excluding carboxylic acids is 1. The van der Waals surface area contributed by atoms with Crippen LogP contribution in [0, 0.1) is 11.3 Å². The zero-order chi connectivity index (χ0) is 10.7. The zero-order valence-electron chi connectivity index (χ0n) is 9.51. The van der Waals surface area contributed by atoms with Crippen LogP contribution in [-0.2, 0) is 9.53 Å². The zero-order valence-corrected chi connectivity index (χ0v) is 9.51. The normalized spacial score (nSPS) is 48.0. The van der Waals surface area contributed by atoms with E-state index in [-0.39, 0.29) is 11.3 Å². The molecule has 2 heteroatoms. The molecule has 4 rings (SSSR count). The molecular weight excluding hydrogens is 188 g/mol. The molecule has 1 spiro atoms. The number of allylic oxidation sites excluding steroid dienone is 1. The van der Waals surface area contributed by atoms with Gasteiger partial charge in [-0.25, -0.2) is 0 Å². The van der Waals surface area contributed by atoms with Crippen molar-refractivity contribution in [1.82, 2.24) is 0 Å². The molecule has 0 saturated heterocycles. The first-order valence-corrected chi connectivity index (χ1v) is 5.96. The third kappa shape index (κ3) is 0.919. The molecule has 2 nitrogen and oxygen atoms in total. The second-order valence-electron chi connectivity index (χ2n) is 5.36. The third-order valence-corrected chi connectivity index (χ3v) is 5.06. The number of methoxy groups -OCH3 is 1. The average Bonchev–Trinajstić information content (AvgIpc) is 2.68. The first-order valence-electron chi connectivity index (χ1n) is 5.96. The van der Waals surface area contributed by atoms with Crippen LogP contribution >= 0.6 is 0 Å². The molecule has 0 heterocycles. The summed E-state index contributed by atoms with van der Waals surface area (Å²) in [5.41, 5.74) is 1.20. The Labute approximate surface area is 90.7 Å². The van der Waals surface area contributed by atoms with Crippen molar-refractivity contribution >= 4 is 5.78 Å². The molecule has 2 saturated carbocycles. The number of carbonyl (C=O) groups is 1. The van der Waals surface area contributed by atoms with Gasteiger partial charge < -0.3 is 4.74 Å².